The van der Waals surface area contributed by atoms with Crippen LogP contribution in [0.3, 0.4) is 0 Å². The Morgan fingerprint density at radius 2 is 1.90 bits per heavy atom. The molecule has 0 amide bonds. The molecule has 0 saturated heterocycles. The Labute approximate surface area is 124 Å². The lowest BCUT2D eigenvalue weighted by Gasteiger charge is -2.23. The summed E-state index contributed by atoms with van der Waals surface area (Å²) in [7, 11) is 0. The molecule has 0 aliphatic carbocycles. The van der Waals surface area contributed by atoms with E-state index >= 15 is 0 Å². The minimum absolute atomic E-state index is 0.0495. The van der Waals surface area contributed by atoms with Crippen molar-refractivity contribution < 1.29 is 29.1 Å². The van der Waals surface area contributed by atoms with Crippen LogP contribution < -0.4 is 4.74 Å². The van der Waals surface area contributed by atoms with Crippen molar-refractivity contribution >= 4 is 6.16 Å². The second-order valence-electron chi connectivity index (χ2n) is 5.24. The van der Waals surface area contributed by atoms with Gasteiger partial charge in [0.15, 0.2) is 0 Å². The van der Waals surface area contributed by atoms with Crippen LogP contribution in [0.25, 0.3) is 0 Å². The Morgan fingerprint density at radius 3 is 2.52 bits per heavy atom. The van der Waals surface area contributed by atoms with Gasteiger partial charge in [-0.25, -0.2) is 4.79 Å². The maximum Gasteiger partial charge on any atom is 0.540 e. The molecule has 1 aromatic carbocycles. The zero-order chi connectivity index (χ0) is 15.7. The highest BCUT2D eigenvalue weighted by atomic mass is 17.2. The van der Waals surface area contributed by atoms with Crippen LogP contribution in [-0.4, -0.2) is 36.2 Å². The van der Waals surface area contributed by atoms with E-state index in [2.05, 4.69) is 4.89 Å². The van der Waals surface area contributed by atoms with Crippen molar-refractivity contribution in [3.05, 3.63) is 30.3 Å². The van der Waals surface area contributed by atoms with Gasteiger partial charge in [0.05, 0.1) is 6.10 Å². The Morgan fingerprint density at radius 1 is 1.24 bits per heavy atom. The van der Waals surface area contributed by atoms with Crippen molar-refractivity contribution in [3.63, 3.8) is 0 Å². The number of carbonyl (C=O) groups is 1. The van der Waals surface area contributed by atoms with Gasteiger partial charge in [0.2, 0.25) is 0 Å². The van der Waals surface area contributed by atoms with Gasteiger partial charge in [-0.05, 0) is 32.9 Å². The molecule has 1 rings (SSSR count). The largest absolute Gasteiger partial charge is 0.540 e. The van der Waals surface area contributed by atoms with Gasteiger partial charge in [0.1, 0.15) is 24.6 Å². The predicted molar refractivity (Wildman–Crippen MR) is 75.8 cm³/mol. The molecule has 21 heavy (non-hydrogen) atoms. The Balaban J connectivity index is 2.14. The van der Waals surface area contributed by atoms with E-state index in [9.17, 15) is 9.90 Å². The molecular weight excluding hydrogens is 276 g/mol. The molecule has 0 aliphatic heterocycles. The fourth-order valence-electron chi connectivity index (χ4n) is 1.72. The minimum Gasteiger partial charge on any atom is -0.490 e. The summed E-state index contributed by atoms with van der Waals surface area (Å²) in [6, 6.07) is 9.19. The van der Waals surface area contributed by atoms with Gasteiger partial charge in [-0.3, -0.25) is 4.89 Å². The van der Waals surface area contributed by atoms with Gasteiger partial charge in [-0.2, -0.15) is 4.89 Å². The lowest BCUT2D eigenvalue weighted by Crippen LogP contribution is -2.30. The number of aliphatic hydroxyl groups excluding tert-OH is 1. The molecule has 6 nitrogen and oxygen atoms in total. The van der Waals surface area contributed by atoms with E-state index in [4.69, 9.17) is 14.4 Å². The van der Waals surface area contributed by atoms with Crippen molar-refractivity contribution in [2.45, 2.75) is 38.9 Å². The number of rotatable bonds is 8. The molecule has 1 unspecified atom stereocenters. The number of benzene rings is 1. The van der Waals surface area contributed by atoms with Crippen LogP contribution in [-0.2, 0) is 14.5 Å². The molecule has 0 radical (unpaired) electrons. The van der Waals surface area contributed by atoms with Gasteiger partial charge in [-0.1, -0.05) is 18.2 Å². The van der Waals surface area contributed by atoms with E-state index in [1.807, 2.05) is 18.2 Å². The topological polar surface area (TPSA) is 74.2 Å². The average Bonchev–Trinajstić information content (AvgIpc) is 2.41. The number of aliphatic hydroxyl groups is 1. The lowest BCUT2D eigenvalue weighted by molar-refractivity contribution is -0.321. The fraction of sp³-hybridized carbons (Fsp3) is 0.533. The third-order valence-corrected chi connectivity index (χ3v) is 2.44. The summed E-state index contributed by atoms with van der Waals surface area (Å²) in [6.45, 7) is 5.30. The van der Waals surface area contributed by atoms with Crippen LogP contribution in [0.2, 0.25) is 0 Å². The Bertz CT molecular complexity index is 415. The van der Waals surface area contributed by atoms with Crippen molar-refractivity contribution in [1.82, 2.24) is 0 Å². The van der Waals surface area contributed by atoms with Gasteiger partial charge >= 0.3 is 6.16 Å². The number of hydrogen-bond acceptors (Lipinski definition) is 6. The summed E-state index contributed by atoms with van der Waals surface area (Å²) < 4.78 is 10.1. The average molecular weight is 298 g/mol. The van der Waals surface area contributed by atoms with E-state index in [1.165, 1.54) is 0 Å². The molecule has 0 saturated carbocycles. The third-order valence-electron chi connectivity index (χ3n) is 2.44. The lowest BCUT2D eigenvalue weighted by atomic mass is 10.0. The summed E-state index contributed by atoms with van der Waals surface area (Å²) in [6.07, 6.45) is -1.17. The van der Waals surface area contributed by atoms with Crippen molar-refractivity contribution in [2.24, 2.45) is 0 Å². The first kappa shape index (κ1) is 17.3. The zero-order valence-corrected chi connectivity index (χ0v) is 12.6. The van der Waals surface area contributed by atoms with Crippen LogP contribution >= 0.6 is 0 Å². The Kier molecular flexibility index (Phi) is 6.98. The quantitative estimate of drug-likeness (QED) is 0.344. The second kappa shape index (κ2) is 8.49. The summed E-state index contributed by atoms with van der Waals surface area (Å²) >= 11 is 0. The van der Waals surface area contributed by atoms with Crippen LogP contribution in [0.4, 0.5) is 4.79 Å². The van der Waals surface area contributed by atoms with Gasteiger partial charge in [0.25, 0.3) is 0 Å². The molecule has 118 valence electrons. The van der Waals surface area contributed by atoms with Crippen LogP contribution in [0.1, 0.15) is 27.2 Å². The van der Waals surface area contributed by atoms with E-state index in [0.717, 1.165) is 0 Å². The SMILES string of the molecule is CC(O)CC(C)(C)OOC(=O)OCCOc1ccccc1. The standard InChI is InChI=1S/C15H22O6/c1-12(16)11-15(2,3)21-20-14(17)19-10-9-18-13-7-5-4-6-8-13/h4-8,12,16H,9-11H2,1-3H3. The zero-order valence-electron chi connectivity index (χ0n) is 12.6. The van der Waals surface area contributed by atoms with Crippen molar-refractivity contribution in [3.8, 4) is 5.75 Å². The smallest absolute Gasteiger partial charge is 0.490 e. The van der Waals surface area contributed by atoms with Gasteiger partial charge in [-0.15, -0.1) is 0 Å². The third kappa shape index (κ3) is 8.16. The molecule has 1 atom stereocenters. The van der Waals surface area contributed by atoms with Gasteiger partial charge in [0, 0.05) is 6.42 Å². The molecule has 0 bridgehead atoms. The molecule has 0 heterocycles. The highest BCUT2D eigenvalue weighted by Crippen LogP contribution is 2.17. The minimum atomic E-state index is -0.940. The van der Waals surface area contributed by atoms with E-state index in [0.29, 0.717) is 12.2 Å². The normalized spacial score (nSPS) is 12.6. The molecule has 1 aromatic rings. The monoisotopic (exact) mass is 298 g/mol. The fourth-order valence-corrected chi connectivity index (χ4v) is 1.72. The molecule has 0 spiro atoms. The summed E-state index contributed by atoms with van der Waals surface area (Å²) in [5.41, 5.74) is -0.784. The molecule has 0 aliphatic rings. The van der Waals surface area contributed by atoms with E-state index in [1.54, 1.807) is 32.9 Å². The first-order valence-corrected chi connectivity index (χ1v) is 6.77. The predicted octanol–water partition coefficient (Wildman–Crippen LogP) is 2.70. The molecule has 0 aromatic heterocycles. The summed E-state index contributed by atoms with van der Waals surface area (Å²) in [5.74, 6) is 0.698. The number of ether oxygens (including phenoxy) is 2. The van der Waals surface area contributed by atoms with Crippen molar-refractivity contribution in [1.29, 1.82) is 0 Å². The van der Waals surface area contributed by atoms with Crippen LogP contribution in [0, 0.1) is 0 Å². The molecule has 0 fully saturated rings. The molecular formula is C15H22O6. The van der Waals surface area contributed by atoms with E-state index < -0.39 is 17.9 Å². The first-order chi connectivity index (χ1) is 9.89. The maximum atomic E-state index is 11.3. The van der Waals surface area contributed by atoms with Crippen LogP contribution in [0.5, 0.6) is 5.75 Å². The molecule has 1 N–H and O–H groups in total. The van der Waals surface area contributed by atoms with Crippen LogP contribution in [0.15, 0.2) is 30.3 Å². The van der Waals surface area contributed by atoms with Crippen molar-refractivity contribution in [2.75, 3.05) is 13.2 Å². The number of carbonyl (C=O) groups excluding carboxylic acids is 1. The highest BCUT2D eigenvalue weighted by molar-refractivity contribution is 5.58. The van der Waals surface area contributed by atoms with Gasteiger partial charge < -0.3 is 14.6 Å². The highest BCUT2D eigenvalue weighted by Gasteiger charge is 2.24. The second-order valence-corrected chi connectivity index (χ2v) is 5.24. The first-order valence-electron chi connectivity index (χ1n) is 6.77. The summed E-state index contributed by atoms with van der Waals surface area (Å²) in [5, 5.41) is 9.27. The number of hydrogen-bond donors (Lipinski definition) is 1. The molecule has 6 heteroatoms. The van der Waals surface area contributed by atoms with E-state index in [-0.39, 0.29) is 13.2 Å². The summed E-state index contributed by atoms with van der Waals surface area (Å²) in [4.78, 5) is 20.8. The Hall–Kier alpha value is -1.79. The maximum absolute atomic E-state index is 11.3. The number of para-hydroxylation sites is 1.